The second-order valence-corrected chi connectivity index (χ2v) is 5.98. The maximum Gasteiger partial charge on any atom is 0.387 e. The minimum Gasteiger partial charge on any atom is -0.493 e. The van der Waals surface area contributed by atoms with E-state index in [-0.39, 0.29) is 23.8 Å². The van der Waals surface area contributed by atoms with Gasteiger partial charge in [0.15, 0.2) is 11.5 Å². The van der Waals surface area contributed by atoms with Crippen LogP contribution in [0.2, 0.25) is 0 Å². The van der Waals surface area contributed by atoms with Crippen molar-refractivity contribution in [3.63, 3.8) is 0 Å². The van der Waals surface area contributed by atoms with E-state index >= 15 is 0 Å². The lowest BCUT2D eigenvalue weighted by Crippen LogP contribution is -2.21. The fourth-order valence-corrected chi connectivity index (χ4v) is 2.73. The zero-order chi connectivity index (χ0) is 18.4. The summed E-state index contributed by atoms with van der Waals surface area (Å²) in [6.07, 6.45) is 0.139. The molecule has 6 nitrogen and oxygen atoms in total. The van der Waals surface area contributed by atoms with Crippen LogP contribution < -0.4 is 14.9 Å². The van der Waals surface area contributed by atoms with Gasteiger partial charge in [0.1, 0.15) is 5.01 Å². The number of aryl methyl sites for hydroxylation is 1. The number of aromatic nitrogens is 1. The van der Waals surface area contributed by atoms with Gasteiger partial charge in [-0.25, -0.2) is 10.4 Å². The van der Waals surface area contributed by atoms with Gasteiger partial charge in [0.2, 0.25) is 5.91 Å². The second-order valence-electron chi connectivity index (χ2n) is 5.04. The highest BCUT2D eigenvalue weighted by atomic mass is 32.1. The third kappa shape index (κ3) is 5.49. The molecule has 9 heteroatoms. The summed E-state index contributed by atoms with van der Waals surface area (Å²) in [6.45, 7) is 0.592. The molecule has 0 aliphatic heterocycles. The maximum atomic E-state index is 12.3. The van der Waals surface area contributed by atoms with E-state index in [4.69, 9.17) is 4.74 Å². The summed E-state index contributed by atoms with van der Waals surface area (Å²) in [7, 11) is 1.35. The third-order valence-electron chi connectivity index (χ3n) is 3.12. The first-order valence-corrected chi connectivity index (χ1v) is 8.14. The predicted octanol–water partition coefficient (Wildman–Crippen LogP) is 3.14. The number of carbonyl (C=O) groups excluding carboxylic acids is 1. The van der Waals surface area contributed by atoms with Gasteiger partial charge in [-0.3, -0.25) is 4.79 Å². The van der Waals surface area contributed by atoms with Crippen LogP contribution in [0.5, 0.6) is 11.5 Å². The van der Waals surface area contributed by atoms with Crippen LogP contribution >= 0.6 is 11.3 Å². The van der Waals surface area contributed by atoms with Gasteiger partial charge in [-0.05, 0) is 32.0 Å². The van der Waals surface area contributed by atoms with Crippen LogP contribution in [0, 0.1) is 6.92 Å². The molecule has 0 bridgehead atoms. The molecule has 25 heavy (non-hydrogen) atoms. The Morgan fingerprint density at radius 1 is 1.40 bits per heavy atom. The third-order valence-corrected chi connectivity index (χ3v) is 4.09. The Kier molecular flexibility index (Phi) is 6.40. The van der Waals surface area contributed by atoms with Gasteiger partial charge in [-0.15, -0.1) is 11.3 Å². The lowest BCUT2D eigenvalue weighted by molar-refractivity contribution is -0.120. The summed E-state index contributed by atoms with van der Waals surface area (Å²) in [6, 6.07) is 4.42. The average molecular weight is 369 g/mol. The molecule has 0 saturated heterocycles. The molecule has 0 unspecified atom stereocenters. The van der Waals surface area contributed by atoms with Crippen LogP contribution in [-0.2, 0) is 11.2 Å². The van der Waals surface area contributed by atoms with Crippen LogP contribution in [0.4, 0.5) is 8.78 Å². The van der Waals surface area contributed by atoms with E-state index in [1.807, 2.05) is 12.3 Å². The van der Waals surface area contributed by atoms with E-state index in [2.05, 4.69) is 20.2 Å². The van der Waals surface area contributed by atoms with Gasteiger partial charge in [-0.2, -0.15) is 13.9 Å². The highest BCUT2D eigenvalue weighted by molar-refractivity contribution is 7.09. The number of thiazole rings is 1. The molecule has 0 saturated carbocycles. The van der Waals surface area contributed by atoms with Crippen molar-refractivity contribution in [1.82, 2.24) is 10.4 Å². The summed E-state index contributed by atoms with van der Waals surface area (Å²) in [4.78, 5) is 16.1. The summed E-state index contributed by atoms with van der Waals surface area (Å²) in [5.74, 6) is -0.215. The van der Waals surface area contributed by atoms with Gasteiger partial charge in [-0.1, -0.05) is 0 Å². The molecule has 0 radical (unpaired) electrons. The molecular formula is C16H17F2N3O3S. The number of nitrogens with zero attached hydrogens (tertiary/aromatic N) is 2. The number of halogens is 2. The lowest BCUT2D eigenvalue weighted by atomic mass is 10.1. The van der Waals surface area contributed by atoms with Crippen molar-refractivity contribution in [3.8, 4) is 11.5 Å². The van der Waals surface area contributed by atoms with Crippen molar-refractivity contribution in [3.05, 3.63) is 39.8 Å². The molecule has 1 aromatic carbocycles. The number of rotatable bonds is 7. The van der Waals surface area contributed by atoms with Gasteiger partial charge >= 0.3 is 6.61 Å². The minimum absolute atomic E-state index is 0.0720. The number of nitrogens with one attached hydrogen (secondary N) is 1. The largest absolute Gasteiger partial charge is 0.493 e. The number of hydrogen-bond donors (Lipinski definition) is 1. The van der Waals surface area contributed by atoms with Gasteiger partial charge in [0, 0.05) is 16.6 Å². The van der Waals surface area contributed by atoms with Crippen molar-refractivity contribution >= 4 is 23.0 Å². The first-order valence-electron chi connectivity index (χ1n) is 7.26. The quantitative estimate of drug-likeness (QED) is 0.601. The standard InChI is InChI=1S/C16H17F2N3O3S/c1-9-8-25-15(19-9)7-14(22)21-20-10(2)11-4-5-12(24-16(17)18)13(6-11)23-3/h4-6,8,16H,7H2,1-3H3,(H,21,22)/b20-10-. The van der Waals surface area contributed by atoms with Crippen molar-refractivity contribution < 1.29 is 23.0 Å². The zero-order valence-corrected chi connectivity index (χ0v) is 14.7. The Labute approximate surface area is 147 Å². The van der Waals surface area contributed by atoms with Crippen LogP contribution in [0.1, 0.15) is 23.2 Å². The second kappa shape index (κ2) is 8.52. The first-order chi connectivity index (χ1) is 11.9. The molecule has 1 heterocycles. The minimum atomic E-state index is -2.94. The highest BCUT2D eigenvalue weighted by Gasteiger charge is 2.12. The smallest absolute Gasteiger partial charge is 0.387 e. The molecule has 0 aliphatic carbocycles. The molecular weight excluding hydrogens is 352 g/mol. The van der Waals surface area contributed by atoms with Crippen LogP contribution in [-0.4, -0.2) is 30.3 Å². The van der Waals surface area contributed by atoms with Gasteiger partial charge < -0.3 is 9.47 Å². The highest BCUT2D eigenvalue weighted by Crippen LogP contribution is 2.29. The summed E-state index contributed by atoms with van der Waals surface area (Å²) < 4.78 is 34.1. The number of benzene rings is 1. The number of hydrogen-bond acceptors (Lipinski definition) is 6. The molecule has 1 N–H and O–H groups in total. The Morgan fingerprint density at radius 2 is 2.16 bits per heavy atom. The van der Waals surface area contributed by atoms with Crippen LogP contribution in [0.25, 0.3) is 0 Å². The summed E-state index contributed by atoms with van der Waals surface area (Å²) >= 11 is 1.41. The number of alkyl halides is 2. The van der Waals surface area contributed by atoms with Crippen LogP contribution in [0.15, 0.2) is 28.7 Å². The fourth-order valence-electron chi connectivity index (χ4n) is 1.96. The Balaban J connectivity index is 2.04. The molecule has 134 valence electrons. The van der Waals surface area contributed by atoms with Crippen LogP contribution in [0.3, 0.4) is 0 Å². The lowest BCUT2D eigenvalue weighted by Gasteiger charge is -2.11. The van der Waals surface area contributed by atoms with Gasteiger partial charge in [0.05, 0.1) is 19.2 Å². The van der Waals surface area contributed by atoms with E-state index in [0.717, 1.165) is 5.69 Å². The van der Waals surface area contributed by atoms with E-state index in [1.165, 1.54) is 30.6 Å². The number of ether oxygens (including phenoxy) is 2. The maximum absolute atomic E-state index is 12.3. The summed E-state index contributed by atoms with van der Waals surface area (Å²) in [5.41, 5.74) is 4.41. The first kappa shape index (κ1) is 18.8. The average Bonchev–Trinajstić information content (AvgIpc) is 2.97. The fraction of sp³-hybridized carbons (Fsp3) is 0.312. The van der Waals surface area contributed by atoms with E-state index < -0.39 is 6.61 Å². The number of hydrazone groups is 1. The SMILES string of the molecule is COc1cc(/C(C)=N\NC(=O)Cc2nc(C)cs2)ccc1OC(F)F. The molecule has 2 rings (SSSR count). The molecule has 0 aliphatic rings. The Bertz CT molecular complexity index is 778. The van der Waals surface area contributed by atoms with E-state index in [9.17, 15) is 13.6 Å². The van der Waals surface area contributed by atoms with Crippen molar-refractivity contribution in [2.45, 2.75) is 26.9 Å². The normalized spacial score (nSPS) is 11.5. The van der Waals surface area contributed by atoms with Gasteiger partial charge in [0.25, 0.3) is 0 Å². The predicted molar refractivity (Wildman–Crippen MR) is 90.5 cm³/mol. The Hall–Kier alpha value is -2.55. The zero-order valence-electron chi connectivity index (χ0n) is 13.9. The van der Waals surface area contributed by atoms with E-state index in [0.29, 0.717) is 16.3 Å². The topological polar surface area (TPSA) is 72.8 Å². The molecule has 0 spiro atoms. The summed E-state index contributed by atoms with van der Waals surface area (Å²) in [5, 5.41) is 6.59. The molecule has 1 amide bonds. The van der Waals surface area contributed by atoms with Crippen molar-refractivity contribution in [2.24, 2.45) is 5.10 Å². The molecule has 0 atom stereocenters. The number of methoxy groups -OCH3 is 1. The van der Waals surface area contributed by atoms with E-state index in [1.54, 1.807) is 13.0 Å². The van der Waals surface area contributed by atoms with Crippen molar-refractivity contribution in [2.75, 3.05) is 7.11 Å². The number of carbonyl (C=O) groups is 1. The number of amides is 1. The molecule has 2 aromatic rings. The molecule has 1 aromatic heterocycles. The molecule has 0 fully saturated rings. The van der Waals surface area contributed by atoms with Crippen molar-refractivity contribution in [1.29, 1.82) is 0 Å². The monoisotopic (exact) mass is 369 g/mol. The Morgan fingerprint density at radius 3 is 2.76 bits per heavy atom.